The van der Waals surface area contributed by atoms with Crippen LogP contribution in [0.3, 0.4) is 0 Å². The second kappa shape index (κ2) is 9.56. The lowest BCUT2D eigenvalue weighted by Crippen LogP contribution is -2.48. The summed E-state index contributed by atoms with van der Waals surface area (Å²) >= 11 is 12.2. The van der Waals surface area contributed by atoms with E-state index in [1.54, 1.807) is 36.5 Å². The SMILES string of the molecule is O=C(O)N1CCN(c2ccc(Oc3cc(CO)nc(-c4cc(Cl)cc(Cl)c4)n3)cn2)CC1. The molecule has 2 aromatic heterocycles. The summed E-state index contributed by atoms with van der Waals surface area (Å²) < 4.78 is 5.84. The molecule has 1 aliphatic heterocycles. The normalized spacial score (nSPS) is 13.8. The minimum absolute atomic E-state index is 0.236. The summed E-state index contributed by atoms with van der Waals surface area (Å²) in [4.78, 5) is 27.6. The Morgan fingerprint density at radius 1 is 1.03 bits per heavy atom. The molecule has 1 aromatic carbocycles. The summed E-state index contributed by atoms with van der Waals surface area (Å²) in [6.07, 6.45) is 0.656. The van der Waals surface area contributed by atoms with E-state index in [9.17, 15) is 9.90 Å². The molecule has 0 spiro atoms. The van der Waals surface area contributed by atoms with E-state index in [0.717, 1.165) is 5.82 Å². The Labute approximate surface area is 193 Å². The van der Waals surface area contributed by atoms with E-state index in [1.165, 1.54) is 11.0 Å². The van der Waals surface area contributed by atoms with Gasteiger partial charge in [0.1, 0.15) is 11.6 Å². The molecule has 0 saturated carbocycles. The number of carboxylic acid groups (broad SMARTS) is 1. The Morgan fingerprint density at radius 2 is 1.75 bits per heavy atom. The number of aromatic nitrogens is 3. The molecule has 3 aromatic rings. The Hall–Kier alpha value is -3.14. The van der Waals surface area contributed by atoms with Crippen LogP contribution in [0.15, 0.2) is 42.6 Å². The van der Waals surface area contributed by atoms with Crippen molar-refractivity contribution in [3.05, 3.63) is 58.3 Å². The van der Waals surface area contributed by atoms with Crippen LogP contribution < -0.4 is 9.64 Å². The predicted octanol–water partition coefficient (Wildman–Crippen LogP) is 3.93. The molecule has 0 atom stereocenters. The molecule has 166 valence electrons. The first-order valence-corrected chi connectivity index (χ1v) is 10.5. The standard InChI is InChI=1S/C21H19Cl2N5O4/c22-14-7-13(8-15(23)9-14)20-25-16(12-29)10-19(26-20)32-17-1-2-18(24-11-17)27-3-5-28(6-4-27)21(30)31/h1-2,7-11,29H,3-6,12H2,(H,30,31). The number of ether oxygens (including phenoxy) is 1. The molecule has 0 bridgehead atoms. The summed E-state index contributed by atoms with van der Waals surface area (Å²) in [6.45, 7) is 1.69. The molecule has 4 rings (SSSR count). The van der Waals surface area contributed by atoms with Crippen molar-refractivity contribution in [2.75, 3.05) is 31.1 Å². The molecule has 9 nitrogen and oxygen atoms in total. The highest BCUT2D eigenvalue weighted by molar-refractivity contribution is 6.35. The fourth-order valence-electron chi connectivity index (χ4n) is 3.29. The van der Waals surface area contributed by atoms with Gasteiger partial charge in [0.2, 0.25) is 5.88 Å². The smallest absolute Gasteiger partial charge is 0.407 e. The van der Waals surface area contributed by atoms with Crippen LogP contribution in [0, 0.1) is 0 Å². The number of pyridine rings is 1. The number of hydrogen-bond acceptors (Lipinski definition) is 7. The van der Waals surface area contributed by atoms with Gasteiger partial charge in [-0.05, 0) is 30.3 Å². The molecule has 3 heterocycles. The molecule has 1 saturated heterocycles. The first kappa shape index (κ1) is 22.1. The highest BCUT2D eigenvalue weighted by Gasteiger charge is 2.21. The van der Waals surface area contributed by atoms with Crippen molar-refractivity contribution in [2.45, 2.75) is 6.61 Å². The first-order valence-electron chi connectivity index (χ1n) is 9.73. The number of rotatable bonds is 5. The number of hydrogen-bond donors (Lipinski definition) is 2. The number of nitrogens with zero attached hydrogens (tertiary/aromatic N) is 5. The van der Waals surface area contributed by atoms with E-state index in [4.69, 9.17) is 33.0 Å². The third-order valence-corrected chi connectivity index (χ3v) is 5.29. The molecule has 32 heavy (non-hydrogen) atoms. The van der Waals surface area contributed by atoms with E-state index < -0.39 is 6.09 Å². The Bertz CT molecular complexity index is 1100. The van der Waals surface area contributed by atoms with E-state index in [-0.39, 0.29) is 12.5 Å². The second-order valence-corrected chi connectivity index (χ2v) is 7.92. The highest BCUT2D eigenvalue weighted by Crippen LogP contribution is 2.28. The lowest BCUT2D eigenvalue weighted by atomic mass is 10.2. The van der Waals surface area contributed by atoms with Gasteiger partial charge in [0, 0.05) is 47.9 Å². The minimum Gasteiger partial charge on any atom is -0.465 e. The molecule has 0 unspecified atom stereocenters. The van der Waals surface area contributed by atoms with Crippen LogP contribution in [0.4, 0.5) is 10.6 Å². The fraction of sp³-hybridized carbons (Fsp3) is 0.238. The number of benzene rings is 1. The molecule has 1 fully saturated rings. The van der Waals surface area contributed by atoms with Crippen molar-refractivity contribution in [3.63, 3.8) is 0 Å². The number of aliphatic hydroxyl groups is 1. The number of aliphatic hydroxyl groups excluding tert-OH is 1. The Morgan fingerprint density at radius 3 is 2.34 bits per heavy atom. The Balaban J connectivity index is 1.51. The van der Waals surface area contributed by atoms with Crippen LogP contribution >= 0.6 is 23.2 Å². The third kappa shape index (κ3) is 5.18. The number of amides is 1. The van der Waals surface area contributed by atoms with Gasteiger partial charge in [0.15, 0.2) is 5.82 Å². The van der Waals surface area contributed by atoms with Crippen molar-refractivity contribution in [3.8, 4) is 23.0 Å². The molecular weight excluding hydrogens is 457 g/mol. The van der Waals surface area contributed by atoms with E-state index >= 15 is 0 Å². The van der Waals surface area contributed by atoms with E-state index in [2.05, 4.69) is 15.0 Å². The molecule has 1 aliphatic rings. The van der Waals surface area contributed by atoms with Gasteiger partial charge < -0.3 is 24.7 Å². The summed E-state index contributed by atoms with van der Waals surface area (Å²) in [5.41, 5.74) is 0.971. The molecule has 0 aliphatic carbocycles. The average molecular weight is 476 g/mol. The van der Waals surface area contributed by atoms with Crippen LogP contribution in [0.5, 0.6) is 11.6 Å². The van der Waals surface area contributed by atoms with Crippen molar-refractivity contribution >= 4 is 35.1 Å². The zero-order chi connectivity index (χ0) is 22.7. The van der Waals surface area contributed by atoms with Crippen LogP contribution in [-0.4, -0.2) is 62.3 Å². The van der Waals surface area contributed by atoms with Crippen molar-refractivity contribution in [1.82, 2.24) is 19.9 Å². The topological polar surface area (TPSA) is 112 Å². The quantitative estimate of drug-likeness (QED) is 0.570. The number of piperazine rings is 1. The van der Waals surface area contributed by atoms with Gasteiger partial charge in [-0.2, -0.15) is 4.98 Å². The fourth-order valence-corrected chi connectivity index (χ4v) is 3.81. The minimum atomic E-state index is -0.909. The zero-order valence-electron chi connectivity index (χ0n) is 16.8. The maximum absolute atomic E-state index is 11.0. The molecule has 0 radical (unpaired) electrons. The van der Waals surface area contributed by atoms with Crippen LogP contribution in [0.1, 0.15) is 5.69 Å². The van der Waals surface area contributed by atoms with E-state index in [1.807, 2.05) is 4.90 Å². The monoisotopic (exact) mass is 475 g/mol. The zero-order valence-corrected chi connectivity index (χ0v) is 18.3. The van der Waals surface area contributed by atoms with Gasteiger partial charge in [-0.3, -0.25) is 0 Å². The van der Waals surface area contributed by atoms with Crippen LogP contribution in [0.2, 0.25) is 10.0 Å². The van der Waals surface area contributed by atoms with E-state index in [0.29, 0.717) is 59.1 Å². The average Bonchev–Trinajstić information content (AvgIpc) is 2.79. The van der Waals surface area contributed by atoms with Gasteiger partial charge in [0.05, 0.1) is 18.5 Å². The van der Waals surface area contributed by atoms with Crippen molar-refractivity contribution in [2.24, 2.45) is 0 Å². The van der Waals surface area contributed by atoms with Crippen molar-refractivity contribution < 1.29 is 19.7 Å². The lowest BCUT2D eigenvalue weighted by molar-refractivity contribution is 0.142. The maximum atomic E-state index is 11.0. The largest absolute Gasteiger partial charge is 0.465 e. The van der Waals surface area contributed by atoms with Crippen molar-refractivity contribution in [1.29, 1.82) is 0 Å². The maximum Gasteiger partial charge on any atom is 0.407 e. The summed E-state index contributed by atoms with van der Waals surface area (Å²) in [7, 11) is 0. The van der Waals surface area contributed by atoms with Gasteiger partial charge in [0.25, 0.3) is 0 Å². The van der Waals surface area contributed by atoms with Crippen LogP contribution in [0.25, 0.3) is 11.4 Å². The van der Waals surface area contributed by atoms with Gasteiger partial charge in [-0.1, -0.05) is 23.2 Å². The van der Waals surface area contributed by atoms with Gasteiger partial charge in [-0.25, -0.2) is 14.8 Å². The molecule has 1 amide bonds. The highest BCUT2D eigenvalue weighted by atomic mass is 35.5. The number of carbonyl (C=O) groups is 1. The molecular formula is C21H19Cl2N5O4. The van der Waals surface area contributed by atoms with Gasteiger partial charge in [-0.15, -0.1) is 0 Å². The number of halogens is 2. The summed E-state index contributed by atoms with van der Waals surface area (Å²) in [5.74, 6) is 1.74. The number of anilines is 1. The first-order chi connectivity index (χ1) is 15.4. The second-order valence-electron chi connectivity index (χ2n) is 7.05. The molecule has 11 heteroatoms. The van der Waals surface area contributed by atoms with Gasteiger partial charge >= 0.3 is 6.09 Å². The lowest BCUT2D eigenvalue weighted by Gasteiger charge is -2.33. The Kier molecular flexibility index (Phi) is 6.59. The summed E-state index contributed by atoms with van der Waals surface area (Å²) in [6, 6.07) is 10.0. The third-order valence-electron chi connectivity index (χ3n) is 4.86. The predicted molar refractivity (Wildman–Crippen MR) is 120 cm³/mol. The molecule has 2 N–H and O–H groups in total. The summed E-state index contributed by atoms with van der Waals surface area (Å²) in [5, 5.41) is 19.5. The van der Waals surface area contributed by atoms with Crippen LogP contribution in [-0.2, 0) is 6.61 Å².